The molecule has 0 radical (unpaired) electrons. The zero-order valence-corrected chi connectivity index (χ0v) is 12.2. The molecule has 0 saturated carbocycles. The number of carbonyl (C=O) groups is 1. The highest BCUT2D eigenvalue weighted by Crippen LogP contribution is 2.21. The first-order valence-corrected chi connectivity index (χ1v) is 7.43. The smallest absolute Gasteiger partial charge is 0.248 e. The average Bonchev–Trinajstić information content (AvgIpc) is 2.41. The van der Waals surface area contributed by atoms with Crippen LogP contribution in [0.15, 0.2) is 0 Å². The molecule has 110 valence electrons. The van der Waals surface area contributed by atoms with Crippen molar-refractivity contribution in [2.24, 2.45) is 11.7 Å². The summed E-state index contributed by atoms with van der Waals surface area (Å²) in [5.74, 6) is 0.677. The van der Waals surface area contributed by atoms with E-state index in [1.807, 2.05) is 4.90 Å². The summed E-state index contributed by atoms with van der Waals surface area (Å²) in [7, 11) is 0. The third-order valence-electron chi connectivity index (χ3n) is 4.30. The fraction of sp³-hybridized carbons (Fsp3) is 0.929. The molecule has 0 aromatic rings. The molecule has 5 heteroatoms. The van der Waals surface area contributed by atoms with Crippen LogP contribution in [-0.2, 0) is 9.53 Å². The van der Waals surface area contributed by atoms with Gasteiger partial charge in [-0.25, -0.2) is 0 Å². The minimum Gasteiger partial charge on any atom is -0.369 e. The molecule has 2 atom stereocenters. The Bertz CT molecular complexity index is 309. The van der Waals surface area contributed by atoms with Crippen LogP contribution in [0.1, 0.15) is 26.7 Å². The molecular weight excluding hydrogens is 242 g/mol. The van der Waals surface area contributed by atoms with E-state index in [9.17, 15) is 4.79 Å². The first-order valence-electron chi connectivity index (χ1n) is 7.43. The maximum absolute atomic E-state index is 12.0. The molecule has 2 N–H and O–H groups in total. The normalized spacial score (nSPS) is 30.1. The van der Waals surface area contributed by atoms with Crippen molar-refractivity contribution in [1.29, 1.82) is 0 Å². The monoisotopic (exact) mass is 269 g/mol. The van der Waals surface area contributed by atoms with Crippen LogP contribution in [0.2, 0.25) is 0 Å². The summed E-state index contributed by atoms with van der Waals surface area (Å²) in [6.45, 7) is 8.90. The molecule has 2 rings (SSSR count). The van der Waals surface area contributed by atoms with Crippen molar-refractivity contribution < 1.29 is 9.53 Å². The van der Waals surface area contributed by atoms with Gasteiger partial charge < -0.3 is 20.3 Å². The standard InChI is InChI=1S/C14H27N3O2/c1-11(2)16-5-3-4-12(7-16)8-17-13(6-15)9-19-10-14(17)18/h11-13H,3-10,15H2,1-2H3. The molecule has 2 aliphatic rings. The molecule has 19 heavy (non-hydrogen) atoms. The Labute approximate surface area is 116 Å². The Morgan fingerprint density at radius 1 is 1.47 bits per heavy atom. The van der Waals surface area contributed by atoms with E-state index in [4.69, 9.17) is 10.5 Å². The average molecular weight is 269 g/mol. The third-order valence-corrected chi connectivity index (χ3v) is 4.30. The number of nitrogens with zero attached hydrogens (tertiary/aromatic N) is 2. The van der Waals surface area contributed by atoms with Gasteiger partial charge in [-0.15, -0.1) is 0 Å². The summed E-state index contributed by atoms with van der Waals surface area (Å²) in [6.07, 6.45) is 2.44. The van der Waals surface area contributed by atoms with E-state index in [2.05, 4.69) is 18.7 Å². The Morgan fingerprint density at radius 2 is 2.26 bits per heavy atom. The number of nitrogens with two attached hydrogens (primary N) is 1. The van der Waals surface area contributed by atoms with Gasteiger partial charge in [0.1, 0.15) is 6.61 Å². The zero-order valence-electron chi connectivity index (χ0n) is 12.2. The van der Waals surface area contributed by atoms with Gasteiger partial charge in [0, 0.05) is 25.7 Å². The summed E-state index contributed by atoms with van der Waals surface area (Å²) < 4.78 is 5.28. The van der Waals surface area contributed by atoms with E-state index in [-0.39, 0.29) is 18.6 Å². The Hall–Kier alpha value is -0.650. The molecule has 2 unspecified atom stereocenters. The van der Waals surface area contributed by atoms with Crippen LogP contribution in [0.5, 0.6) is 0 Å². The number of hydrogen-bond acceptors (Lipinski definition) is 4. The van der Waals surface area contributed by atoms with Gasteiger partial charge in [0.05, 0.1) is 12.6 Å². The molecule has 2 fully saturated rings. The molecule has 0 aromatic carbocycles. The quantitative estimate of drug-likeness (QED) is 0.797. The number of morpholine rings is 1. The summed E-state index contributed by atoms with van der Waals surface area (Å²) >= 11 is 0. The topological polar surface area (TPSA) is 58.8 Å². The van der Waals surface area contributed by atoms with Crippen molar-refractivity contribution in [1.82, 2.24) is 9.80 Å². The molecular formula is C14H27N3O2. The van der Waals surface area contributed by atoms with Crippen LogP contribution < -0.4 is 5.73 Å². The van der Waals surface area contributed by atoms with Gasteiger partial charge in [0.2, 0.25) is 5.91 Å². The fourth-order valence-corrected chi connectivity index (χ4v) is 3.10. The first-order chi connectivity index (χ1) is 9.11. The third kappa shape index (κ3) is 3.68. The van der Waals surface area contributed by atoms with Crippen molar-refractivity contribution in [3.63, 3.8) is 0 Å². The number of amides is 1. The van der Waals surface area contributed by atoms with Gasteiger partial charge in [-0.05, 0) is 39.2 Å². The van der Waals surface area contributed by atoms with Crippen LogP contribution >= 0.6 is 0 Å². The number of rotatable bonds is 4. The van der Waals surface area contributed by atoms with Gasteiger partial charge in [0.15, 0.2) is 0 Å². The molecule has 0 bridgehead atoms. The van der Waals surface area contributed by atoms with E-state index in [0.717, 1.165) is 13.1 Å². The van der Waals surface area contributed by atoms with E-state index in [1.165, 1.54) is 19.4 Å². The number of piperidine rings is 1. The van der Waals surface area contributed by atoms with Gasteiger partial charge in [-0.3, -0.25) is 4.79 Å². The lowest BCUT2D eigenvalue weighted by Gasteiger charge is -2.41. The molecule has 2 saturated heterocycles. The molecule has 0 aliphatic carbocycles. The summed E-state index contributed by atoms with van der Waals surface area (Å²) in [6, 6.07) is 0.657. The molecule has 0 aromatic heterocycles. The number of carbonyl (C=O) groups excluding carboxylic acids is 1. The second kappa shape index (κ2) is 6.68. The lowest BCUT2D eigenvalue weighted by Crippen LogP contribution is -2.55. The largest absolute Gasteiger partial charge is 0.369 e. The van der Waals surface area contributed by atoms with Crippen LogP contribution in [0, 0.1) is 5.92 Å². The van der Waals surface area contributed by atoms with Crippen LogP contribution in [-0.4, -0.2) is 67.2 Å². The Morgan fingerprint density at radius 3 is 2.95 bits per heavy atom. The molecule has 2 aliphatic heterocycles. The van der Waals surface area contributed by atoms with Crippen LogP contribution in [0.25, 0.3) is 0 Å². The summed E-state index contributed by atoms with van der Waals surface area (Å²) in [4.78, 5) is 16.5. The fourth-order valence-electron chi connectivity index (χ4n) is 3.10. The van der Waals surface area contributed by atoms with Crippen molar-refractivity contribution in [2.75, 3.05) is 39.4 Å². The van der Waals surface area contributed by atoms with E-state index in [1.54, 1.807) is 0 Å². The van der Waals surface area contributed by atoms with E-state index in [0.29, 0.717) is 25.1 Å². The summed E-state index contributed by atoms with van der Waals surface area (Å²) in [5, 5.41) is 0. The molecule has 0 spiro atoms. The lowest BCUT2D eigenvalue weighted by molar-refractivity contribution is -0.149. The molecule has 2 heterocycles. The maximum atomic E-state index is 12.0. The zero-order chi connectivity index (χ0) is 13.8. The Balaban J connectivity index is 1.92. The Kier molecular flexibility index (Phi) is 5.19. The predicted octanol–water partition coefficient (Wildman–Crippen LogP) is 0.293. The number of ether oxygens (including phenoxy) is 1. The second-order valence-electron chi connectivity index (χ2n) is 6.05. The minimum atomic E-state index is 0.0654. The number of hydrogen-bond donors (Lipinski definition) is 1. The van der Waals surface area contributed by atoms with E-state index < -0.39 is 0 Å². The molecule has 5 nitrogen and oxygen atoms in total. The second-order valence-corrected chi connectivity index (χ2v) is 6.05. The van der Waals surface area contributed by atoms with E-state index >= 15 is 0 Å². The van der Waals surface area contributed by atoms with Crippen LogP contribution in [0.4, 0.5) is 0 Å². The SMILES string of the molecule is CC(C)N1CCCC(CN2C(=O)COCC2CN)C1. The van der Waals surface area contributed by atoms with Crippen molar-refractivity contribution >= 4 is 5.91 Å². The highest BCUT2D eigenvalue weighted by atomic mass is 16.5. The molecule has 1 amide bonds. The highest BCUT2D eigenvalue weighted by Gasteiger charge is 2.31. The van der Waals surface area contributed by atoms with Gasteiger partial charge >= 0.3 is 0 Å². The number of likely N-dealkylation sites (tertiary alicyclic amines) is 1. The minimum absolute atomic E-state index is 0.0654. The highest BCUT2D eigenvalue weighted by molar-refractivity contribution is 5.78. The van der Waals surface area contributed by atoms with Gasteiger partial charge in [0.25, 0.3) is 0 Å². The van der Waals surface area contributed by atoms with Crippen LogP contribution in [0.3, 0.4) is 0 Å². The van der Waals surface area contributed by atoms with Gasteiger partial charge in [-0.1, -0.05) is 0 Å². The predicted molar refractivity (Wildman–Crippen MR) is 74.8 cm³/mol. The van der Waals surface area contributed by atoms with Crippen molar-refractivity contribution in [3.05, 3.63) is 0 Å². The van der Waals surface area contributed by atoms with Crippen molar-refractivity contribution in [3.8, 4) is 0 Å². The lowest BCUT2D eigenvalue weighted by atomic mass is 9.95. The first kappa shape index (κ1) is 14.8. The maximum Gasteiger partial charge on any atom is 0.248 e. The van der Waals surface area contributed by atoms with Gasteiger partial charge in [-0.2, -0.15) is 0 Å². The summed E-state index contributed by atoms with van der Waals surface area (Å²) in [5.41, 5.74) is 5.75. The van der Waals surface area contributed by atoms with Crippen molar-refractivity contribution in [2.45, 2.75) is 38.8 Å².